The minimum absolute atomic E-state index is 0.117. The molecule has 2 N–H and O–H groups in total. The summed E-state index contributed by atoms with van der Waals surface area (Å²) in [7, 11) is 0. The van der Waals surface area contributed by atoms with Crippen LogP contribution in [-0.4, -0.2) is 19.0 Å². The molecule has 18 heavy (non-hydrogen) atoms. The van der Waals surface area contributed by atoms with Crippen LogP contribution in [0.15, 0.2) is 18.2 Å². The third-order valence-electron chi connectivity index (χ3n) is 2.60. The Morgan fingerprint density at radius 1 is 1.33 bits per heavy atom. The highest BCUT2D eigenvalue weighted by Gasteiger charge is 2.11. The summed E-state index contributed by atoms with van der Waals surface area (Å²) in [6, 6.07) is 3.29. The van der Waals surface area contributed by atoms with Gasteiger partial charge in [0, 0.05) is 13.0 Å². The van der Waals surface area contributed by atoms with Gasteiger partial charge in [0.05, 0.1) is 6.04 Å². The van der Waals surface area contributed by atoms with Gasteiger partial charge in [-0.3, -0.25) is 4.79 Å². The van der Waals surface area contributed by atoms with E-state index in [1.165, 1.54) is 6.07 Å². The van der Waals surface area contributed by atoms with E-state index in [-0.39, 0.29) is 11.9 Å². The second-order valence-electron chi connectivity index (χ2n) is 4.07. The quantitative estimate of drug-likeness (QED) is 0.766. The van der Waals surface area contributed by atoms with E-state index in [1.807, 2.05) is 6.92 Å². The second kappa shape index (κ2) is 7.06. The van der Waals surface area contributed by atoms with Crippen LogP contribution in [0.1, 0.15) is 31.9 Å². The molecule has 1 amide bonds. The fraction of sp³-hybridized carbons (Fsp3) is 0.462. The van der Waals surface area contributed by atoms with Crippen LogP contribution in [-0.2, 0) is 4.79 Å². The Morgan fingerprint density at radius 2 is 2.06 bits per heavy atom. The molecule has 0 bridgehead atoms. The van der Waals surface area contributed by atoms with Crippen molar-refractivity contribution in [2.75, 3.05) is 13.1 Å². The van der Waals surface area contributed by atoms with E-state index < -0.39 is 11.6 Å². The predicted octanol–water partition coefficient (Wildman–Crippen LogP) is 2.14. The summed E-state index contributed by atoms with van der Waals surface area (Å²) in [4.78, 5) is 11.5. The van der Waals surface area contributed by atoms with Crippen molar-refractivity contribution in [1.82, 2.24) is 10.6 Å². The number of hydrogen-bond donors (Lipinski definition) is 2. The molecule has 5 heteroatoms. The van der Waals surface area contributed by atoms with Gasteiger partial charge in [-0.15, -0.1) is 0 Å². The zero-order valence-corrected chi connectivity index (χ0v) is 10.6. The molecule has 0 spiro atoms. The van der Waals surface area contributed by atoms with E-state index >= 15 is 0 Å². The average Bonchev–Trinajstić information content (AvgIpc) is 2.33. The van der Waals surface area contributed by atoms with Crippen LogP contribution in [0.2, 0.25) is 0 Å². The van der Waals surface area contributed by atoms with Gasteiger partial charge in [-0.25, -0.2) is 8.78 Å². The molecular weight excluding hydrogens is 238 g/mol. The largest absolute Gasteiger partial charge is 0.350 e. The van der Waals surface area contributed by atoms with Crippen LogP contribution >= 0.6 is 0 Å². The Morgan fingerprint density at radius 3 is 2.67 bits per heavy atom. The molecule has 0 aliphatic heterocycles. The Kier molecular flexibility index (Phi) is 5.71. The van der Waals surface area contributed by atoms with Gasteiger partial charge in [0.25, 0.3) is 0 Å². The van der Waals surface area contributed by atoms with Crippen LogP contribution in [0.25, 0.3) is 0 Å². The lowest BCUT2D eigenvalue weighted by atomic mass is 10.1. The Balaban J connectivity index is 2.51. The number of halogens is 2. The number of carbonyl (C=O) groups is 1. The maximum absolute atomic E-state index is 13.0. The summed E-state index contributed by atoms with van der Waals surface area (Å²) in [5.74, 6) is -1.90. The van der Waals surface area contributed by atoms with Gasteiger partial charge >= 0.3 is 0 Å². The van der Waals surface area contributed by atoms with Crippen molar-refractivity contribution in [3.63, 3.8) is 0 Å². The molecule has 0 aliphatic carbocycles. The minimum atomic E-state index is -0.902. The summed E-state index contributed by atoms with van der Waals surface area (Å²) >= 11 is 0. The van der Waals surface area contributed by atoms with Crippen molar-refractivity contribution < 1.29 is 13.6 Å². The highest BCUT2D eigenvalue weighted by Crippen LogP contribution is 2.15. The zero-order valence-electron chi connectivity index (χ0n) is 10.6. The molecule has 0 saturated carbocycles. The van der Waals surface area contributed by atoms with E-state index in [0.29, 0.717) is 18.5 Å². The van der Waals surface area contributed by atoms with Gasteiger partial charge in [0.15, 0.2) is 11.6 Å². The van der Waals surface area contributed by atoms with Crippen molar-refractivity contribution in [2.24, 2.45) is 0 Å². The molecule has 100 valence electrons. The number of carbonyl (C=O) groups excluding carboxylic acids is 1. The Labute approximate surface area is 106 Å². The summed E-state index contributed by atoms with van der Waals surface area (Å²) < 4.78 is 25.8. The fourth-order valence-electron chi connectivity index (χ4n) is 1.56. The van der Waals surface area contributed by atoms with Gasteiger partial charge in [0.1, 0.15) is 0 Å². The van der Waals surface area contributed by atoms with Crippen LogP contribution in [0.4, 0.5) is 8.78 Å². The Bertz CT molecular complexity index is 410. The molecular formula is C13H18F2N2O. The summed E-state index contributed by atoms with van der Waals surface area (Å²) in [6.07, 6.45) is 0.363. The van der Waals surface area contributed by atoms with Gasteiger partial charge in [-0.2, -0.15) is 0 Å². The van der Waals surface area contributed by atoms with Crippen LogP contribution in [0.3, 0.4) is 0 Å². The van der Waals surface area contributed by atoms with Gasteiger partial charge in [0.2, 0.25) is 5.91 Å². The number of hydrogen-bond acceptors (Lipinski definition) is 2. The SMILES string of the molecule is CCNCCC(=O)NC(C)c1ccc(F)c(F)c1. The first-order chi connectivity index (χ1) is 8.54. The third kappa shape index (κ3) is 4.41. The molecule has 1 unspecified atom stereocenters. The first kappa shape index (κ1) is 14.6. The molecule has 0 fully saturated rings. The first-order valence-corrected chi connectivity index (χ1v) is 5.99. The standard InChI is InChI=1S/C13H18F2N2O/c1-3-16-7-6-13(18)17-9(2)10-4-5-11(14)12(15)8-10/h4-5,8-9,16H,3,6-7H2,1-2H3,(H,17,18). The number of nitrogens with one attached hydrogen (secondary N) is 2. The predicted molar refractivity (Wildman–Crippen MR) is 66.1 cm³/mol. The van der Waals surface area contributed by atoms with Crippen molar-refractivity contribution in [1.29, 1.82) is 0 Å². The molecule has 1 rings (SSSR count). The number of rotatable bonds is 6. The third-order valence-corrected chi connectivity index (χ3v) is 2.60. The minimum Gasteiger partial charge on any atom is -0.350 e. The van der Waals surface area contributed by atoms with Crippen LogP contribution < -0.4 is 10.6 Å². The van der Waals surface area contributed by atoms with Crippen molar-refractivity contribution in [2.45, 2.75) is 26.3 Å². The van der Waals surface area contributed by atoms with Crippen molar-refractivity contribution in [3.8, 4) is 0 Å². The maximum Gasteiger partial charge on any atom is 0.221 e. The molecule has 1 aromatic rings. The van der Waals surface area contributed by atoms with Crippen LogP contribution in [0, 0.1) is 11.6 Å². The Hall–Kier alpha value is -1.49. The number of amides is 1. The second-order valence-corrected chi connectivity index (χ2v) is 4.07. The maximum atomic E-state index is 13.0. The molecule has 3 nitrogen and oxygen atoms in total. The van der Waals surface area contributed by atoms with E-state index in [0.717, 1.165) is 18.7 Å². The van der Waals surface area contributed by atoms with Crippen molar-refractivity contribution >= 4 is 5.91 Å². The van der Waals surface area contributed by atoms with Crippen molar-refractivity contribution in [3.05, 3.63) is 35.4 Å². The smallest absolute Gasteiger partial charge is 0.221 e. The molecule has 0 aromatic heterocycles. The van der Waals surface area contributed by atoms with Gasteiger partial charge in [-0.05, 0) is 31.2 Å². The van der Waals surface area contributed by atoms with E-state index in [4.69, 9.17) is 0 Å². The lowest BCUT2D eigenvalue weighted by molar-refractivity contribution is -0.121. The topological polar surface area (TPSA) is 41.1 Å². The molecule has 1 aromatic carbocycles. The lowest BCUT2D eigenvalue weighted by Crippen LogP contribution is -2.29. The molecule has 0 aliphatic rings. The first-order valence-electron chi connectivity index (χ1n) is 5.99. The summed E-state index contributed by atoms with van der Waals surface area (Å²) in [5, 5.41) is 5.77. The van der Waals surface area contributed by atoms with Crippen LogP contribution in [0.5, 0.6) is 0 Å². The molecule has 0 radical (unpaired) electrons. The summed E-state index contributed by atoms with van der Waals surface area (Å²) in [5.41, 5.74) is 0.547. The van der Waals surface area contributed by atoms with E-state index in [9.17, 15) is 13.6 Å². The number of benzene rings is 1. The highest BCUT2D eigenvalue weighted by molar-refractivity contribution is 5.76. The van der Waals surface area contributed by atoms with Gasteiger partial charge < -0.3 is 10.6 Å². The van der Waals surface area contributed by atoms with E-state index in [2.05, 4.69) is 10.6 Å². The molecule has 0 heterocycles. The fourth-order valence-corrected chi connectivity index (χ4v) is 1.56. The molecule has 0 saturated heterocycles. The zero-order chi connectivity index (χ0) is 13.5. The summed E-state index contributed by atoms with van der Waals surface area (Å²) in [6.45, 7) is 5.11. The average molecular weight is 256 g/mol. The monoisotopic (exact) mass is 256 g/mol. The highest BCUT2D eigenvalue weighted by atomic mass is 19.2. The normalized spacial score (nSPS) is 12.2. The lowest BCUT2D eigenvalue weighted by Gasteiger charge is -2.14. The van der Waals surface area contributed by atoms with E-state index in [1.54, 1.807) is 6.92 Å². The molecule has 1 atom stereocenters. The van der Waals surface area contributed by atoms with Gasteiger partial charge in [-0.1, -0.05) is 13.0 Å².